The standard InChI is InChI=1S/C35H54O4.C34H54O4.C32H50O4.C29H44O4/c1-34(2,3)29-22-24(14-10-12-18-36)20-27(32(29)38)31(26-16-8-7-9-17-26)28-21-25(15-11-13-19-37)23-30(33(28)39)35(4,5)6;1-8-15-26(27-20-24(16-11-9-13-18-35)22-29(31(27)37)33(2,3)4)28-21-25(17-12-10-14-19-36)23-30(32(28)38)34(5,6)7;1-21(2)28(24-17-22(13-9-11-15-33)19-26(29(24)35)31(3,4)5)25-18-23(14-10-12-16-34)20-27(30(25)36)32(6,7)8;1-7-28(3,4)24-17-20(11-9-13-30)15-22(26(24)32)19-23-16-21(12-10-14-31)18-25(27(23)33)29(5,6)8-2/h20-23,26,31,36-39H,7-19H2,1-6H3;20-23,26,35-38H,8-19H2,1-7H3;17-21,28,33-36H,9-16H2,1-8H3;15-18,30-33H,7-14,19H2,1-6H3. The molecule has 1 aliphatic rings. The highest BCUT2D eigenvalue weighted by molar-refractivity contribution is 5.62. The number of benzene rings is 8. The molecule has 0 bridgehead atoms. The van der Waals surface area contributed by atoms with E-state index >= 15 is 0 Å². The number of hydrogen-bond donors (Lipinski definition) is 16. The molecule has 8 aromatic rings. The Labute approximate surface area is 883 Å². The van der Waals surface area contributed by atoms with E-state index in [4.69, 9.17) is 0 Å². The molecule has 0 spiro atoms. The first-order valence-corrected chi connectivity index (χ1v) is 56.2. The van der Waals surface area contributed by atoms with Gasteiger partial charge in [-0.25, -0.2) is 0 Å². The third-order valence-electron chi connectivity index (χ3n) is 30.6. The van der Waals surface area contributed by atoms with Crippen molar-refractivity contribution in [2.75, 3.05) is 52.9 Å². The number of unbranched alkanes of at least 4 members (excludes halogenated alkanes) is 8. The average Bonchev–Trinajstić information content (AvgIpc) is 0.746. The molecule has 818 valence electrons. The van der Waals surface area contributed by atoms with Gasteiger partial charge in [-0.05, 0) is 318 Å². The molecule has 9 rings (SSSR count). The van der Waals surface area contributed by atoms with E-state index in [1.54, 1.807) is 0 Å². The van der Waals surface area contributed by atoms with E-state index < -0.39 is 0 Å². The van der Waals surface area contributed by atoms with Gasteiger partial charge < -0.3 is 81.7 Å². The van der Waals surface area contributed by atoms with E-state index in [0.717, 1.165) is 291 Å². The first-order chi connectivity index (χ1) is 68.4. The van der Waals surface area contributed by atoms with Crippen LogP contribution >= 0.6 is 0 Å². The van der Waals surface area contributed by atoms with Crippen molar-refractivity contribution in [1.82, 2.24) is 0 Å². The largest absolute Gasteiger partial charge is 0.507 e. The zero-order chi connectivity index (χ0) is 109. The molecule has 0 heterocycles. The zero-order valence-electron chi connectivity index (χ0n) is 96.0. The second-order valence-corrected chi connectivity index (χ2v) is 50.3. The number of rotatable bonds is 48. The van der Waals surface area contributed by atoms with Crippen LogP contribution in [0.2, 0.25) is 0 Å². The topological polar surface area (TPSA) is 324 Å². The predicted molar refractivity (Wildman–Crippen MR) is 609 cm³/mol. The monoisotopic (exact) mass is 2020 g/mol. The highest BCUT2D eigenvalue weighted by atomic mass is 16.3. The van der Waals surface area contributed by atoms with Crippen molar-refractivity contribution in [2.24, 2.45) is 11.8 Å². The molecule has 0 unspecified atom stereocenters. The van der Waals surface area contributed by atoms with E-state index in [1.165, 1.54) is 41.5 Å². The fourth-order valence-electron chi connectivity index (χ4n) is 21.1. The summed E-state index contributed by atoms with van der Waals surface area (Å²) < 4.78 is 0. The maximum atomic E-state index is 11.9. The average molecular weight is 2020 g/mol. The van der Waals surface area contributed by atoms with E-state index in [9.17, 15) is 81.7 Å². The molecule has 16 heteroatoms. The molecule has 16 N–H and O–H groups in total. The van der Waals surface area contributed by atoms with Crippen LogP contribution in [0.3, 0.4) is 0 Å². The van der Waals surface area contributed by atoms with Crippen LogP contribution in [0.25, 0.3) is 0 Å². The second kappa shape index (κ2) is 57.9. The summed E-state index contributed by atoms with van der Waals surface area (Å²) >= 11 is 0. The van der Waals surface area contributed by atoms with E-state index in [-0.39, 0.29) is 120 Å². The molecule has 146 heavy (non-hydrogen) atoms. The summed E-state index contributed by atoms with van der Waals surface area (Å²) in [6.45, 7) is 59.1. The number of aryl methyl sites for hydroxylation is 8. The van der Waals surface area contributed by atoms with E-state index in [0.29, 0.717) is 71.2 Å². The number of phenols is 8. The molecule has 0 aliphatic heterocycles. The summed E-state index contributed by atoms with van der Waals surface area (Å²) in [6.07, 6.45) is 29.9. The zero-order valence-corrected chi connectivity index (χ0v) is 96.0. The first kappa shape index (κ1) is 127. The number of aliphatic hydroxyl groups is 8. The molecule has 1 aliphatic carbocycles. The minimum atomic E-state index is -0.238. The lowest BCUT2D eigenvalue weighted by Crippen LogP contribution is -2.22. The molecule has 8 aromatic carbocycles. The predicted octanol–water partition coefficient (Wildman–Crippen LogP) is 29.1. The number of hydrogen-bond acceptors (Lipinski definition) is 16. The van der Waals surface area contributed by atoms with Gasteiger partial charge in [0.2, 0.25) is 0 Å². The molecule has 16 nitrogen and oxygen atoms in total. The van der Waals surface area contributed by atoms with Gasteiger partial charge >= 0.3 is 0 Å². The van der Waals surface area contributed by atoms with Crippen LogP contribution in [0.4, 0.5) is 0 Å². The molecule has 0 aromatic heterocycles. The smallest absolute Gasteiger partial charge is 0.123 e. The third kappa shape index (κ3) is 36.3. The lowest BCUT2D eigenvalue weighted by Gasteiger charge is -2.35. The van der Waals surface area contributed by atoms with Gasteiger partial charge in [0.1, 0.15) is 46.0 Å². The Morgan fingerprint density at radius 1 is 0.247 bits per heavy atom. The van der Waals surface area contributed by atoms with Crippen molar-refractivity contribution in [2.45, 2.75) is 466 Å². The van der Waals surface area contributed by atoms with Gasteiger partial charge in [0.25, 0.3) is 0 Å². The van der Waals surface area contributed by atoms with Crippen molar-refractivity contribution in [3.63, 3.8) is 0 Å². The lowest BCUT2D eigenvalue weighted by atomic mass is 9.70. The van der Waals surface area contributed by atoms with Crippen molar-refractivity contribution in [1.29, 1.82) is 0 Å². The fourth-order valence-corrected chi connectivity index (χ4v) is 21.1. The molecular formula is C130H202O16. The third-order valence-corrected chi connectivity index (χ3v) is 30.6. The molecule has 0 amide bonds. The lowest BCUT2D eigenvalue weighted by molar-refractivity contribution is 0.283. The van der Waals surface area contributed by atoms with Crippen LogP contribution in [-0.4, -0.2) is 135 Å². The molecule has 0 saturated heterocycles. The SMILES string of the molecule is CC(C)(C)c1cc(CCCCO)cc(C(c2cc(CCCCO)cc(C(C)(C)C)c2O)C2CCCCC2)c1O.CC(C)C(c1cc(CCCCO)cc(C(C)(C)C)c1O)c1cc(CCCCO)cc(C(C)(C)C)c1O.CCC(C)(C)c1cc(CCCO)cc(Cc2cc(CCCO)cc(C(C)(C)CC)c2O)c1O.CCCC(c1cc(CCCCCO)cc(C(C)(C)C)c1O)c1cc(CCCCCO)cc(C(C)(C)C)c1O. The second-order valence-electron chi connectivity index (χ2n) is 50.3. The van der Waals surface area contributed by atoms with Crippen molar-refractivity contribution < 1.29 is 81.7 Å². The van der Waals surface area contributed by atoms with Gasteiger partial charge in [-0.15, -0.1) is 0 Å². The normalized spacial score (nSPS) is 13.3. The van der Waals surface area contributed by atoms with Gasteiger partial charge in [-0.1, -0.05) is 323 Å². The summed E-state index contributed by atoms with van der Waals surface area (Å²) in [5.74, 6) is 2.75. The number of aromatic hydroxyl groups is 8. The molecule has 1 fully saturated rings. The quantitative estimate of drug-likeness (QED) is 0.0158. The van der Waals surface area contributed by atoms with Gasteiger partial charge in [0, 0.05) is 122 Å². The summed E-state index contributed by atoms with van der Waals surface area (Å²) in [5, 5.41) is 167. The van der Waals surface area contributed by atoms with Crippen molar-refractivity contribution in [3.05, 3.63) is 231 Å². The first-order valence-electron chi connectivity index (χ1n) is 56.2. The van der Waals surface area contributed by atoms with Crippen LogP contribution in [0, 0.1) is 11.8 Å². The Morgan fingerprint density at radius 3 is 0.712 bits per heavy atom. The Balaban J connectivity index is 0.000000298. The van der Waals surface area contributed by atoms with Crippen LogP contribution in [-0.2, 0) is 101 Å². The summed E-state index contributed by atoms with van der Waals surface area (Å²) in [7, 11) is 0. The molecular weight excluding hydrogens is 1820 g/mol. The minimum absolute atomic E-state index is 0.0944. The van der Waals surface area contributed by atoms with E-state index in [1.807, 2.05) is 12.1 Å². The van der Waals surface area contributed by atoms with Gasteiger partial charge in [-0.2, -0.15) is 0 Å². The van der Waals surface area contributed by atoms with Crippen LogP contribution < -0.4 is 0 Å². The Morgan fingerprint density at radius 2 is 0.466 bits per heavy atom. The summed E-state index contributed by atoms with van der Waals surface area (Å²) in [6, 6.07) is 33.9. The van der Waals surface area contributed by atoms with Crippen LogP contribution in [0.15, 0.2) is 97.1 Å². The highest BCUT2D eigenvalue weighted by Gasteiger charge is 2.39. The Hall–Kier alpha value is -8.16. The fraction of sp³-hybridized carbons (Fsp3) is 0.631. The van der Waals surface area contributed by atoms with Crippen LogP contribution in [0.1, 0.15) is 499 Å². The summed E-state index contributed by atoms with van der Waals surface area (Å²) in [5.41, 5.74) is 22.0. The number of aliphatic hydroxyl groups excluding tert-OH is 8. The maximum absolute atomic E-state index is 11.9. The molecule has 0 atom stereocenters. The van der Waals surface area contributed by atoms with Crippen LogP contribution in [0.5, 0.6) is 46.0 Å². The maximum Gasteiger partial charge on any atom is 0.123 e. The minimum Gasteiger partial charge on any atom is -0.507 e. The Kier molecular flexibility index (Phi) is 50.2. The van der Waals surface area contributed by atoms with Crippen molar-refractivity contribution in [3.8, 4) is 46.0 Å². The Bertz CT molecular complexity index is 5000. The van der Waals surface area contributed by atoms with Gasteiger partial charge in [0.15, 0.2) is 0 Å². The summed E-state index contributed by atoms with van der Waals surface area (Å²) in [4.78, 5) is 0. The van der Waals surface area contributed by atoms with E-state index in [2.05, 4.69) is 272 Å². The van der Waals surface area contributed by atoms with Gasteiger partial charge in [0.05, 0.1) is 0 Å². The number of phenolic OH excluding ortho intramolecular Hbond substituents is 8. The molecule has 0 radical (unpaired) electrons. The van der Waals surface area contributed by atoms with Crippen molar-refractivity contribution >= 4 is 0 Å². The van der Waals surface area contributed by atoms with Gasteiger partial charge in [-0.3, -0.25) is 0 Å². The highest BCUT2D eigenvalue weighted by Crippen LogP contribution is 2.55. The molecule has 1 saturated carbocycles.